The van der Waals surface area contributed by atoms with E-state index in [1.807, 2.05) is 0 Å². The normalized spacial score (nSPS) is 16.7. The smallest absolute Gasteiger partial charge is 0.184 e. The number of rotatable bonds is 7. The van der Waals surface area contributed by atoms with Gasteiger partial charge in [0.1, 0.15) is 0 Å². The fraction of sp³-hybridized carbons (Fsp3) is 1.00. The lowest BCUT2D eigenvalue weighted by Gasteiger charge is -2.30. The van der Waals surface area contributed by atoms with Crippen LogP contribution in [0.5, 0.6) is 0 Å². The van der Waals surface area contributed by atoms with Crippen molar-refractivity contribution in [3.05, 3.63) is 0 Å². The summed E-state index contributed by atoms with van der Waals surface area (Å²) >= 11 is 0. The summed E-state index contributed by atoms with van der Waals surface area (Å²) in [6.45, 7) is 13.7. The van der Waals surface area contributed by atoms with Crippen molar-refractivity contribution in [2.24, 2.45) is 5.92 Å². The molecule has 0 radical (unpaired) electrons. The minimum absolute atomic E-state index is 0.506. The second-order valence-electron chi connectivity index (χ2n) is 5.32. The van der Waals surface area contributed by atoms with Crippen LogP contribution in [0.25, 0.3) is 0 Å². The maximum Gasteiger partial charge on any atom is 0.184 e. The van der Waals surface area contributed by atoms with Crippen LogP contribution in [0, 0.1) is 5.92 Å². The van der Waals surface area contributed by atoms with Crippen LogP contribution in [0.2, 0.25) is 19.6 Å². The number of hydrogen-bond donors (Lipinski definition) is 0. The SMILES string of the molecule is CCC[C@H](C)[C@@H](CCC)O[Si](C)(C)C. The standard InChI is InChI=1S/C12H28OSi/c1-7-9-11(3)12(10-8-2)13-14(4,5)6/h11-12H,7-10H2,1-6H3/t11-,12+/m0/s1. The molecule has 86 valence electrons. The summed E-state index contributed by atoms with van der Waals surface area (Å²) < 4.78 is 6.23. The van der Waals surface area contributed by atoms with E-state index in [1.54, 1.807) is 0 Å². The quantitative estimate of drug-likeness (QED) is 0.572. The van der Waals surface area contributed by atoms with E-state index in [0.717, 1.165) is 5.92 Å². The van der Waals surface area contributed by atoms with Crippen LogP contribution in [-0.4, -0.2) is 14.4 Å². The fourth-order valence-corrected chi connectivity index (χ4v) is 3.10. The second-order valence-corrected chi connectivity index (χ2v) is 9.78. The van der Waals surface area contributed by atoms with Crippen molar-refractivity contribution in [3.8, 4) is 0 Å². The van der Waals surface area contributed by atoms with Crippen LogP contribution < -0.4 is 0 Å². The summed E-state index contributed by atoms with van der Waals surface area (Å²) in [5.41, 5.74) is 0. The molecule has 0 amide bonds. The minimum Gasteiger partial charge on any atom is -0.414 e. The molecule has 0 fully saturated rings. The summed E-state index contributed by atoms with van der Waals surface area (Å²) in [5.74, 6) is 0.728. The van der Waals surface area contributed by atoms with Gasteiger partial charge in [-0.1, -0.05) is 33.6 Å². The Bertz CT molecular complexity index is 140. The molecule has 0 saturated carbocycles. The molecular weight excluding hydrogens is 188 g/mol. The van der Waals surface area contributed by atoms with E-state index in [1.165, 1.54) is 25.7 Å². The first-order chi connectivity index (χ1) is 6.40. The molecule has 0 aromatic heterocycles. The van der Waals surface area contributed by atoms with Gasteiger partial charge in [0.15, 0.2) is 8.32 Å². The lowest BCUT2D eigenvalue weighted by molar-refractivity contribution is 0.119. The van der Waals surface area contributed by atoms with Gasteiger partial charge in [0.25, 0.3) is 0 Å². The Hall–Kier alpha value is 0.177. The lowest BCUT2D eigenvalue weighted by atomic mass is 9.96. The van der Waals surface area contributed by atoms with E-state index < -0.39 is 8.32 Å². The summed E-state index contributed by atoms with van der Waals surface area (Å²) in [4.78, 5) is 0. The Labute approximate surface area is 91.4 Å². The van der Waals surface area contributed by atoms with Gasteiger partial charge >= 0.3 is 0 Å². The topological polar surface area (TPSA) is 9.23 Å². The molecule has 0 aliphatic rings. The predicted octanol–water partition coefficient (Wildman–Crippen LogP) is 4.44. The third-order valence-corrected chi connectivity index (χ3v) is 3.47. The third-order valence-electron chi connectivity index (χ3n) is 2.46. The van der Waals surface area contributed by atoms with Crippen molar-refractivity contribution in [1.82, 2.24) is 0 Å². The maximum absolute atomic E-state index is 6.23. The number of hydrogen-bond acceptors (Lipinski definition) is 1. The molecule has 0 unspecified atom stereocenters. The molecular formula is C12H28OSi. The van der Waals surface area contributed by atoms with Crippen LogP contribution in [0.4, 0.5) is 0 Å². The van der Waals surface area contributed by atoms with Gasteiger partial charge < -0.3 is 4.43 Å². The Morgan fingerprint density at radius 1 is 1.00 bits per heavy atom. The molecule has 0 aliphatic heterocycles. The maximum atomic E-state index is 6.23. The summed E-state index contributed by atoms with van der Waals surface area (Å²) in [6, 6.07) is 0. The molecule has 0 saturated heterocycles. The molecule has 0 heterocycles. The largest absolute Gasteiger partial charge is 0.414 e. The van der Waals surface area contributed by atoms with Crippen molar-refractivity contribution >= 4 is 8.32 Å². The molecule has 0 N–H and O–H groups in total. The Morgan fingerprint density at radius 2 is 1.50 bits per heavy atom. The fourth-order valence-electron chi connectivity index (χ4n) is 1.84. The van der Waals surface area contributed by atoms with Gasteiger partial charge in [0, 0.05) is 6.10 Å². The van der Waals surface area contributed by atoms with E-state index in [2.05, 4.69) is 40.4 Å². The van der Waals surface area contributed by atoms with E-state index in [-0.39, 0.29) is 0 Å². The van der Waals surface area contributed by atoms with Crippen LogP contribution in [-0.2, 0) is 4.43 Å². The predicted molar refractivity (Wildman–Crippen MR) is 67.2 cm³/mol. The average molecular weight is 216 g/mol. The van der Waals surface area contributed by atoms with Crippen molar-refractivity contribution in [1.29, 1.82) is 0 Å². The van der Waals surface area contributed by atoms with Gasteiger partial charge in [-0.3, -0.25) is 0 Å². The molecule has 0 aliphatic carbocycles. The Morgan fingerprint density at radius 3 is 1.86 bits per heavy atom. The zero-order valence-corrected chi connectivity index (χ0v) is 11.9. The highest BCUT2D eigenvalue weighted by atomic mass is 28.4. The molecule has 2 heteroatoms. The van der Waals surface area contributed by atoms with E-state index >= 15 is 0 Å². The average Bonchev–Trinajstić information content (AvgIpc) is 2.01. The van der Waals surface area contributed by atoms with Gasteiger partial charge in [-0.15, -0.1) is 0 Å². The van der Waals surface area contributed by atoms with Gasteiger partial charge in [-0.05, 0) is 38.4 Å². The molecule has 0 rings (SSSR count). The van der Waals surface area contributed by atoms with E-state index in [0.29, 0.717) is 6.10 Å². The van der Waals surface area contributed by atoms with Gasteiger partial charge in [-0.25, -0.2) is 0 Å². The van der Waals surface area contributed by atoms with E-state index in [4.69, 9.17) is 4.43 Å². The van der Waals surface area contributed by atoms with Crippen molar-refractivity contribution in [3.63, 3.8) is 0 Å². The first-order valence-electron chi connectivity index (χ1n) is 6.08. The van der Waals surface area contributed by atoms with Gasteiger partial charge in [0.05, 0.1) is 0 Å². The zero-order valence-electron chi connectivity index (χ0n) is 10.9. The molecule has 2 atom stereocenters. The lowest BCUT2D eigenvalue weighted by Crippen LogP contribution is -2.35. The molecule has 14 heavy (non-hydrogen) atoms. The van der Waals surface area contributed by atoms with Crippen LogP contribution in [0.3, 0.4) is 0 Å². The van der Waals surface area contributed by atoms with Crippen LogP contribution in [0.1, 0.15) is 46.5 Å². The first kappa shape index (κ1) is 14.2. The zero-order chi connectivity index (χ0) is 11.2. The molecule has 0 aromatic carbocycles. The van der Waals surface area contributed by atoms with Crippen molar-refractivity contribution in [2.45, 2.75) is 72.2 Å². The van der Waals surface area contributed by atoms with Crippen LogP contribution in [0.15, 0.2) is 0 Å². The van der Waals surface area contributed by atoms with Gasteiger partial charge in [0.2, 0.25) is 0 Å². The van der Waals surface area contributed by atoms with Crippen molar-refractivity contribution < 1.29 is 4.43 Å². The summed E-state index contributed by atoms with van der Waals surface area (Å²) in [5, 5.41) is 0. The first-order valence-corrected chi connectivity index (χ1v) is 9.49. The summed E-state index contributed by atoms with van der Waals surface area (Å²) in [7, 11) is -1.35. The monoisotopic (exact) mass is 216 g/mol. The Balaban J connectivity index is 4.13. The molecule has 0 aromatic rings. The Kier molecular flexibility index (Phi) is 6.71. The third kappa shape index (κ3) is 6.60. The summed E-state index contributed by atoms with van der Waals surface area (Å²) in [6.07, 6.45) is 5.55. The highest BCUT2D eigenvalue weighted by molar-refractivity contribution is 6.69. The van der Waals surface area contributed by atoms with Gasteiger partial charge in [-0.2, -0.15) is 0 Å². The van der Waals surface area contributed by atoms with Crippen molar-refractivity contribution in [2.75, 3.05) is 0 Å². The van der Waals surface area contributed by atoms with E-state index in [9.17, 15) is 0 Å². The minimum atomic E-state index is -1.35. The molecule has 0 bridgehead atoms. The van der Waals surface area contributed by atoms with Crippen LogP contribution >= 0.6 is 0 Å². The molecule has 1 nitrogen and oxygen atoms in total. The highest BCUT2D eigenvalue weighted by Crippen LogP contribution is 2.22. The second kappa shape index (κ2) is 6.62. The highest BCUT2D eigenvalue weighted by Gasteiger charge is 2.24. The molecule has 0 spiro atoms.